The number of carboxylic acids is 1. The predicted molar refractivity (Wildman–Crippen MR) is 80.8 cm³/mol. The molecular formula is C15H28N2O4. The molecule has 0 aromatic heterocycles. The molecule has 0 unspecified atom stereocenters. The molecule has 0 aromatic rings. The van der Waals surface area contributed by atoms with Gasteiger partial charge >= 0.3 is 5.97 Å². The molecule has 0 atom stereocenters. The van der Waals surface area contributed by atoms with Gasteiger partial charge in [-0.3, -0.25) is 14.4 Å². The van der Waals surface area contributed by atoms with Crippen LogP contribution in [0.1, 0.15) is 59.3 Å². The van der Waals surface area contributed by atoms with Crippen LogP contribution in [0, 0.1) is 5.41 Å². The van der Waals surface area contributed by atoms with Gasteiger partial charge in [0, 0.05) is 26.4 Å². The number of hydrogen-bond acceptors (Lipinski definition) is 3. The van der Waals surface area contributed by atoms with Crippen LogP contribution in [0.4, 0.5) is 0 Å². The summed E-state index contributed by atoms with van der Waals surface area (Å²) in [6, 6.07) is 0. The van der Waals surface area contributed by atoms with E-state index in [0.29, 0.717) is 25.8 Å². The first-order valence-electron chi connectivity index (χ1n) is 7.62. The molecule has 0 saturated heterocycles. The third-order valence-electron chi connectivity index (χ3n) is 3.89. The first-order chi connectivity index (χ1) is 9.88. The Balaban J connectivity index is 3.89. The summed E-state index contributed by atoms with van der Waals surface area (Å²) in [7, 11) is 0. The first-order valence-corrected chi connectivity index (χ1v) is 7.62. The third-order valence-corrected chi connectivity index (χ3v) is 3.89. The van der Waals surface area contributed by atoms with Crippen molar-refractivity contribution >= 4 is 17.8 Å². The molecule has 0 heterocycles. The minimum Gasteiger partial charge on any atom is -0.481 e. The quantitative estimate of drug-likeness (QED) is 0.506. The molecule has 0 saturated carbocycles. The van der Waals surface area contributed by atoms with Crippen molar-refractivity contribution in [3.8, 4) is 0 Å². The number of hydrogen-bond donors (Lipinski definition) is 3. The zero-order valence-corrected chi connectivity index (χ0v) is 13.3. The van der Waals surface area contributed by atoms with E-state index < -0.39 is 11.4 Å². The number of aliphatic carboxylic acids is 1. The Morgan fingerprint density at radius 1 is 1.00 bits per heavy atom. The Bertz CT molecular complexity index is 352. The van der Waals surface area contributed by atoms with E-state index in [1.54, 1.807) is 0 Å². The van der Waals surface area contributed by atoms with Crippen LogP contribution in [0.15, 0.2) is 0 Å². The van der Waals surface area contributed by atoms with E-state index in [-0.39, 0.29) is 18.4 Å². The third kappa shape index (κ3) is 7.68. The van der Waals surface area contributed by atoms with Gasteiger partial charge in [-0.05, 0) is 25.7 Å². The molecule has 0 spiro atoms. The van der Waals surface area contributed by atoms with Gasteiger partial charge in [0.2, 0.25) is 11.8 Å². The number of rotatable bonds is 11. The molecule has 2 amide bonds. The molecule has 0 aliphatic heterocycles. The Morgan fingerprint density at radius 3 is 2.10 bits per heavy atom. The van der Waals surface area contributed by atoms with Crippen LogP contribution in [0.2, 0.25) is 0 Å². The number of unbranched alkanes of at least 4 members (excludes halogenated alkanes) is 2. The van der Waals surface area contributed by atoms with Gasteiger partial charge in [-0.2, -0.15) is 0 Å². The summed E-state index contributed by atoms with van der Waals surface area (Å²) < 4.78 is 0. The lowest BCUT2D eigenvalue weighted by Crippen LogP contribution is -2.42. The van der Waals surface area contributed by atoms with Crippen molar-refractivity contribution in [3.63, 3.8) is 0 Å². The van der Waals surface area contributed by atoms with Crippen LogP contribution >= 0.6 is 0 Å². The minimum atomic E-state index is -0.860. The average molecular weight is 300 g/mol. The van der Waals surface area contributed by atoms with E-state index >= 15 is 0 Å². The lowest BCUT2D eigenvalue weighted by atomic mass is 9.82. The highest BCUT2D eigenvalue weighted by Gasteiger charge is 2.34. The van der Waals surface area contributed by atoms with Gasteiger partial charge in [0.15, 0.2) is 0 Å². The topological polar surface area (TPSA) is 95.5 Å². The molecule has 3 N–H and O–H groups in total. The molecule has 21 heavy (non-hydrogen) atoms. The Kier molecular flexibility index (Phi) is 9.41. The van der Waals surface area contributed by atoms with Gasteiger partial charge in [0.1, 0.15) is 0 Å². The van der Waals surface area contributed by atoms with Gasteiger partial charge in [-0.25, -0.2) is 0 Å². The fraction of sp³-hybridized carbons (Fsp3) is 0.800. The Hall–Kier alpha value is -1.59. The SMILES string of the molecule is CCC(CC)(CNC(=O)CCCCCNC(C)=O)C(=O)O. The summed E-state index contributed by atoms with van der Waals surface area (Å²) >= 11 is 0. The summed E-state index contributed by atoms with van der Waals surface area (Å²) in [6.07, 6.45) is 3.83. The molecular weight excluding hydrogens is 272 g/mol. The number of carbonyl (C=O) groups excluding carboxylic acids is 2. The van der Waals surface area contributed by atoms with Crippen molar-refractivity contribution in [3.05, 3.63) is 0 Å². The van der Waals surface area contributed by atoms with E-state index in [1.807, 2.05) is 13.8 Å². The number of amides is 2. The maximum atomic E-state index is 11.7. The second-order valence-corrected chi connectivity index (χ2v) is 5.36. The van der Waals surface area contributed by atoms with Crippen molar-refractivity contribution in [1.82, 2.24) is 10.6 Å². The largest absolute Gasteiger partial charge is 0.481 e. The highest BCUT2D eigenvalue weighted by atomic mass is 16.4. The van der Waals surface area contributed by atoms with Gasteiger partial charge in [-0.15, -0.1) is 0 Å². The van der Waals surface area contributed by atoms with E-state index in [1.165, 1.54) is 6.92 Å². The summed E-state index contributed by atoms with van der Waals surface area (Å²) in [4.78, 5) is 33.7. The summed E-state index contributed by atoms with van der Waals surface area (Å²) in [6.45, 7) is 5.94. The van der Waals surface area contributed by atoms with Gasteiger partial charge in [0.25, 0.3) is 0 Å². The van der Waals surface area contributed by atoms with E-state index in [4.69, 9.17) is 0 Å². The van der Waals surface area contributed by atoms with Crippen molar-refractivity contribution in [2.24, 2.45) is 5.41 Å². The molecule has 6 heteroatoms. The molecule has 0 fully saturated rings. The maximum absolute atomic E-state index is 11.7. The monoisotopic (exact) mass is 300 g/mol. The van der Waals surface area contributed by atoms with Crippen LogP contribution in [-0.2, 0) is 14.4 Å². The molecule has 6 nitrogen and oxygen atoms in total. The standard InChI is InChI=1S/C15H28N2O4/c1-4-15(5-2,14(20)21)11-17-13(19)9-7-6-8-10-16-12(3)18/h4-11H2,1-3H3,(H,16,18)(H,17,19)(H,20,21). The van der Waals surface area contributed by atoms with Crippen molar-refractivity contribution < 1.29 is 19.5 Å². The summed E-state index contributed by atoms with van der Waals surface area (Å²) in [5.74, 6) is -1.01. The average Bonchev–Trinajstić information content (AvgIpc) is 2.43. The maximum Gasteiger partial charge on any atom is 0.311 e. The lowest BCUT2D eigenvalue weighted by molar-refractivity contribution is -0.149. The lowest BCUT2D eigenvalue weighted by Gasteiger charge is -2.26. The second kappa shape index (κ2) is 10.2. The normalized spacial score (nSPS) is 11.0. The molecule has 0 aromatic carbocycles. The van der Waals surface area contributed by atoms with E-state index in [2.05, 4.69) is 10.6 Å². The van der Waals surface area contributed by atoms with Crippen LogP contribution < -0.4 is 10.6 Å². The van der Waals surface area contributed by atoms with Crippen molar-refractivity contribution in [2.45, 2.75) is 59.3 Å². The highest BCUT2D eigenvalue weighted by Crippen LogP contribution is 2.25. The molecule has 0 radical (unpaired) electrons. The van der Waals surface area contributed by atoms with Crippen molar-refractivity contribution in [1.29, 1.82) is 0 Å². The van der Waals surface area contributed by atoms with Gasteiger partial charge < -0.3 is 15.7 Å². The zero-order valence-electron chi connectivity index (χ0n) is 13.3. The molecule has 122 valence electrons. The van der Waals surface area contributed by atoms with Crippen molar-refractivity contribution in [2.75, 3.05) is 13.1 Å². The first kappa shape index (κ1) is 19.4. The molecule has 0 aliphatic carbocycles. The zero-order chi connectivity index (χ0) is 16.3. The number of carbonyl (C=O) groups is 3. The molecule has 0 rings (SSSR count). The Labute approximate surface area is 126 Å². The van der Waals surface area contributed by atoms with Crippen LogP contribution in [0.5, 0.6) is 0 Å². The van der Waals surface area contributed by atoms with E-state index in [9.17, 15) is 19.5 Å². The predicted octanol–water partition coefficient (Wildman–Crippen LogP) is 1.69. The summed E-state index contributed by atoms with van der Waals surface area (Å²) in [5, 5.41) is 14.7. The minimum absolute atomic E-state index is 0.0446. The fourth-order valence-electron chi connectivity index (χ4n) is 2.09. The number of carboxylic acid groups (broad SMARTS) is 1. The van der Waals surface area contributed by atoms with Gasteiger partial charge in [-0.1, -0.05) is 20.3 Å². The van der Waals surface area contributed by atoms with Gasteiger partial charge in [0.05, 0.1) is 5.41 Å². The molecule has 0 bridgehead atoms. The second-order valence-electron chi connectivity index (χ2n) is 5.36. The van der Waals surface area contributed by atoms with E-state index in [0.717, 1.165) is 19.3 Å². The molecule has 0 aliphatic rings. The smallest absolute Gasteiger partial charge is 0.311 e. The van der Waals surface area contributed by atoms with Crippen LogP contribution in [0.25, 0.3) is 0 Å². The summed E-state index contributed by atoms with van der Waals surface area (Å²) in [5.41, 5.74) is -0.860. The fourth-order valence-corrected chi connectivity index (χ4v) is 2.09. The van der Waals surface area contributed by atoms with Crippen LogP contribution in [-0.4, -0.2) is 36.0 Å². The highest BCUT2D eigenvalue weighted by molar-refractivity contribution is 5.79. The Morgan fingerprint density at radius 2 is 1.62 bits per heavy atom. The van der Waals surface area contributed by atoms with Crippen LogP contribution in [0.3, 0.4) is 0 Å². The number of nitrogens with one attached hydrogen (secondary N) is 2.